The topological polar surface area (TPSA) is 97.8 Å². The van der Waals surface area contributed by atoms with E-state index in [2.05, 4.69) is 0 Å². The van der Waals surface area contributed by atoms with E-state index in [0.717, 1.165) is 25.3 Å². The van der Waals surface area contributed by atoms with Crippen LogP contribution in [0, 0.1) is 5.82 Å². The molecule has 0 radical (unpaired) electrons. The number of hydrogen-bond acceptors (Lipinski definition) is 5. The van der Waals surface area contributed by atoms with Gasteiger partial charge in [-0.05, 0) is 25.3 Å². The van der Waals surface area contributed by atoms with Crippen LogP contribution in [0.5, 0.6) is 5.75 Å². The minimum atomic E-state index is -1.31. The van der Waals surface area contributed by atoms with Crippen molar-refractivity contribution in [1.82, 2.24) is 4.57 Å². The Balaban J connectivity index is 1.85. The highest BCUT2D eigenvalue weighted by Gasteiger charge is 2.40. The lowest BCUT2D eigenvalue weighted by atomic mass is 10.1. The Kier molecular flexibility index (Phi) is 3.13. The number of anilines is 1. The molecule has 136 valence electrons. The molecule has 5 rings (SSSR count). The first kappa shape index (κ1) is 15.6. The second-order valence-corrected chi connectivity index (χ2v) is 7.36. The van der Waals surface area contributed by atoms with Gasteiger partial charge >= 0.3 is 5.97 Å². The Morgan fingerprint density at radius 2 is 2.12 bits per heavy atom. The van der Waals surface area contributed by atoms with Crippen LogP contribution in [-0.4, -0.2) is 40.9 Å². The Morgan fingerprint density at radius 3 is 2.81 bits per heavy atom. The average Bonchev–Trinajstić information content (AvgIpc) is 3.35. The quantitative estimate of drug-likeness (QED) is 0.843. The number of ether oxygens (including phenoxy) is 1. The van der Waals surface area contributed by atoms with Gasteiger partial charge in [-0.2, -0.15) is 0 Å². The van der Waals surface area contributed by atoms with E-state index in [4.69, 9.17) is 10.5 Å². The highest BCUT2D eigenvalue weighted by Crippen LogP contribution is 2.46. The van der Waals surface area contributed by atoms with Gasteiger partial charge in [0, 0.05) is 24.8 Å². The monoisotopic (exact) mass is 359 g/mol. The number of rotatable bonds is 2. The maximum Gasteiger partial charge on any atom is 0.341 e. The highest BCUT2D eigenvalue weighted by atomic mass is 19.1. The molecule has 1 aromatic carbocycles. The number of aromatic nitrogens is 1. The van der Waals surface area contributed by atoms with E-state index in [0.29, 0.717) is 30.1 Å². The van der Waals surface area contributed by atoms with Gasteiger partial charge < -0.3 is 25.0 Å². The predicted molar refractivity (Wildman–Crippen MR) is 92.6 cm³/mol. The van der Waals surface area contributed by atoms with E-state index in [9.17, 15) is 19.1 Å². The summed E-state index contributed by atoms with van der Waals surface area (Å²) in [5.41, 5.74) is 5.82. The van der Waals surface area contributed by atoms with E-state index in [-0.39, 0.29) is 29.1 Å². The fourth-order valence-corrected chi connectivity index (χ4v) is 4.20. The van der Waals surface area contributed by atoms with Crippen molar-refractivity contribution in [2.75, 3.05) is 18.1 Å². The molecule has 1 saturated carbocycles. The zero-order valence-corrected chi connectivity index (χ0v) is 13.9. The van der Waals surface area contributed by atoms with Crippen LogP contribution in [0.4, 0.5) is 10.1 Å². The molecule has 2 aliphatic heterocycles. The second kappa shape index (κ2) is 5.20. The van der Waals surface area contributed by atoms with Crippen LogP contribution >= 0.6 is 0 Å². The number of carboxylic acids is 1. The number of carboxylic acid groups (broad SMARTS) is 1. The molecule has 3 aliphatic rings. The number of hydrogen-bond donors (Lipinski definition) is 2. The molecule has 8 heteroatoms. The normalized spacial score (nSPS) is 24.3. The lowest BCUT2D eigenvalue weighted by Crippen LogP contribution is -2.39. The number of fused-ring (bicyclic) bond motifs is 5. The number of nitrogens with zero attached hydrogens (tertiary/aromatic N) is 2. The van der Waals surface area contributed by atoms with Crippen molar-refractivity contribution in [3.8, 4) is 5.75 Å². The van der Waals surface area contributed by atoms with E-state index < -0.39 is 17.2 Å². The summed E-state index contributed by atoms with van der Waals surface area (Å²) >= 11 is 0. The summed E-state index contributed by atoms with van der Waals surface area (Å²) in [7, 11) is 0. The van der Waals surface area contributed by atoms with Crippen molar-refractivity contribution < 1.29 is 19.0 Å². The minimum absolute atomic E-state index is 0.0174. The van der Waals surface area contributed by atoms with Gasteiger partial charge in [-0.25, -0.2) is 9.18 Å². The Hall–Kier alpha value is -2.61. The largest absolute Gasteiger partial charge is 0.487 e. The fraction of sp³-hybridized carbons (Fsp3) is 0.444. The lowest BCUT2D eigenvalue weighted by Gasteiger charge is -2.34. The summed E-state index contributed by atoms with van der Waals surface area (Å²) in [6.45, 7) is 0.906. The molecule has 1 saturated heterocycles. The molecule has 2 aromatic rings. The number of benzene rings is 1. The minimum Gasteiger partial charge on any atom is -0.487 e. The first-order chi connectivity index (χ1) is 12.5. The third-order valence-electron chi connectivity index (χ3n) is 5.52. The standard InChI is InChI=1S/C18H18FN3O4/c19-13-4-11-14(17-15(13)21-5-8(20)3-10(21)7-26-17)22(9-1-2-9)6-12(16(11)23)18(24)25/h4,6,8-10H,1-3,5,7,20H2,(H,24,25)/t8?,10-/m0/s1. The molecule has 0 amide bonds. The fourth-order valence-electron chi connectivity index (χ4n) is 4.20. The van der Waals surface area contributed by atoms with E-state index in [1.807, 2.05) is 4.90 Å². The van der Waals surface area contributed by atoms with E-state index >= 15 is 0 Å². The van der Waals surface area contributed by atoms with Gasteiger partial charge in [0.15, 0.2) is 11.6 Å². The van der Waals surface area contributed by atoms with Crippen LogP contribution in [0.15, 0.2) is 17.1 Å². The summed E-state index contributed by atoms with van der Waals surface area (Å²) in [6.07, 6.45) is 3.87. The SMILES string of the molecule is NC1C[C@H]2COc3c(c(F)cc4c(=O)c(C(=O)O)cn(C5CC5)c34)N2C1. The smallest absolute Gasteiger partial charge is 0.341 e. The van der Waals surface area contributed by atoms with Crippen molar-refractivity contribution in [2.24, 2.45) is 5.73 Å². The average molecular weight is 359 g/mol. The van der Waals surface area contributed by atoms with Gasteiger partial charge in [0.1, 0.15) is 17.9 Å². The summed E-state index contributed by atoms with van der Waals surface area (Å²) in [4.78, 5) is 26.0. The molecule has 26 heavy (non-hydrogen) atoms. The van der Waals surface area contributed by atoms with Crippen molar-refractivity contribution in [3.05, 3.63) is 33.9 Å². The van der Waals surface area contributed by atoms with Gasteiger partial charge in [-0.3, -0.25) is 4.79 Å². The zero-order chi connectivity index (χ0) is 18.2. The van der Waals surface area contributed by atoms with Crippen molar-refractivity contribution in [1.29, 1.82) is 0 Å². The van der Waals surface area contributed by atoms with E-state index in [1.165, 1.54) is 6.20 Å². The van der Waals surface area contributed by atoms with Crippen LogP contribution in [0.25, 0.3) is 10.9 Å². The van der Waals surface area contributed by atoms with E-state index in [1.54, 1.807) is 4.57 Å². The van der Waals surface area contributed by atoms with Crippen molar-refractivity contribution >= 4 is 22.6 Å². The molecule has 0 spiro atoms. The molecule has 3 N–H and O–H groups in total. The Bertz CT molecular complexity index is 1010. The van der Waals surface area contributed by atoms with Crippen LogP contribution < -0.4 is 20.8 Å². The van der Waals surface area contributed by atoms with Gasteiger partial charge in [0.05, 0.1) is 16.9 Å². The molecule has 1 aliphatic carbocycles. The third kappa shape index (κ3) is 2.08. The molecular formula is C18H18FN3O4. The first-order valence-corrected chi connectivity index (χ1v) is 8.75. The number of pyridine rings is 1. The van der Waals surface area contributed by atoms with Crippen molar-refractivity contribution in [3.63, 3.8) is 0 Å². The third-order valence-corrected chi connectivity index (χ3v) is 5.52. The molecular weight excluding hydrogens is 341 g/mol. The van der Waals surface area contributed by atoms with Crippen LogP contribution in [0.2, 0.25) is 0 Å². The van der Waals surface area contributed by atoms with Gasteiger partial charge in [0.25, 0.3) is 0 Å². The number of halogens is 1. The number of aromatic carboxylic acids is 1. The molecule has 0 bridgehead atoms. The Labute approximate surface area is 147 Å². The molecule has 7 nitrogen and oxygen atoms in total. The molecule has 1 aromatic heterocycles. The first-order valence-electron chi connectivity index (χ1n) is 8.75. The molecule has 2 atom stereocenters. The summed E-state index contributed by atoms with van der Waals surface area (Å²) in [6, 6.07) is 1.22. The highest BCUT2D eigenvalue weighted by molar-refractivity contribution is 5.97. The van der Waals surface area contributed by atoms with Crippen molar-refractivity contribution in [2.45, 2.75) is 37.4 Å². The van der Waals surface area contributed by atoms with Crippen LogP contribution in [0.3, 0.4) is 0 Å². The predicted octanol–water partition coefficient (Wildman–Crippen LogP) is 1.47. The van der Waals surface area contributed by atoms with Gasteiger partial charge in [-0.1, -0.05) is 0 Å². The number of nitrogens with two attached hydrogens (primary N) is 1. The number of carbonyl (C=O) groups is 1. The van der Waals surface area contributed by atoms with Gasteiger partial charge in [0.2, 0.25) is 5.43 Å². The zero-order valence-electron chi connectivity index (χ0n) is 13.9. The Morgan fingerprint density at radius 1 is 1.35 bits per heavy atom. The molecule has 3 heterocycles. The summed E-state index contributed by atoms with van der Waals surface area (Å²) in [5, 5.41) is 9.40. The van der Waals surface area contributed by atoms with Crippen LogP contribution in [0.1, 0.15) is 35.7 Å². The maximum absolute atomic E-state index is 15.0. The summed E-state index contributed by atoms with van der Waals surface area (Å²) in [5.74, 6) is -1.56. The lowest BCUT2D eigenvalue weighted by molar-refractivity contribution is 0.0695. The molecule has 1 unspecified atom stereocenters. The van der Waals surface area contributed by atoms with Gasteiger partial charge in [-0.15, -0.1) is 0 Å². The summed E-state index contributed by atoms with van der Waals surface area (Å²) < 4.78 is 22.7. The van der Waals surface area contributed by atoms with Crippen LogP contribution in [-0.2, 0) is 0 Å². The second-order valence-electron chi connectivity index (χ2n) is 7.36. The maximum atomic E-state index is 15.0. The molecule has 2 fully saturated rings.